The molecule has 0 saturated heterocycles. The number of hydrogen-bond acceptors (Lipinski definition) is 4. The molecule has 1 aliphatic rings. The normalized spacial score (nSPS) is 16.1. The monoisotopic (exact) mass is 389 g/mol. The molecule has 0 aliphatic heterocycles. The molecule has 0 spiro atoms. The minimum absolute atomic E-state index is 0.337. The summed E-state index contributed by atoms with van der Waals surface area (Å²) in [4.78, 5) is 9.20. The average molecular weight is 390 g/mol. The molecule has 1 saturated carbocycles. The first-order valence-electron chi connectivity index (χ1n) is 11.0. The van der Waals surface area contributed by atoms with Crippen LogP contribution in [0.25, 0.3) is 0 Å². The third kappa shape index (κ3) is 8.46. The average Bonchev–Trinajstić information content (AvgIpc) is 3.19. The summed E-state index contributed by atoms with van der Waals surface area (Å²) < 4.78 is 5.62. The molecule has 1 fully saturated rings. The summed E-state index contributed by atoms with van der Waals surface area (Å²) in [7, 11) is 0. The van der Waals surface area contributed by atoms with Gasteiger partial charge >= 0.3 is 0 Å². The number of nitrogens with one attached hydrogen (secondary N) is 3. The van der Waals surface area contributed by atoms with Crippen molar-refractivity contribution in [2.45, 2.75) is 58.8 Å². The van der Waals surface area contributed by atoms with E-state index in [-0.39, 0.29) is 0 Å². The molecule has 0 radical (unpaired) electrons. The van der Waals surface area contributed by atoms with E-state index < -0.39 is 0 Å². The van der Waals surface area contributed by atoms with Crippen LogP contribution < -0.4 is 16.0 Å². The van der Waals surface area contributed by atoms with E-state index in [1.807, 2.05) is 24.4 Å². The van der Waals surface area contributed by atoms with Gasteiger partial charge in [0.15, 0.2) is 5.96 Å². The van der Waals surface area contributed by atoms with Gasteiger partial charge in [0.2, 0.25) is 0 Å². The smallest absolute Gasteiger partial charge is 0.191 e. The molecular weight excluding hydrogens is 350 g/mol. The molecule has 0 bridgehead atoms. The molecule has 28 heavy (non-hydrogen) atoms. The number of nitrogens with zero attached hydrogens (tertiary/aromatic N) is 2. The molecule has 6 nitrogen and oxygen atoms in total. The second-order valence-electron chi connectivity index (χ2n) is 7.62. The Morgan fingerprint density at radius 3 is 2.68 bits per heavy atom. The fourth-order valence-electron chi connectivity index (χ4n) is 3.77. The molecule has 3 N–H and O–H groups in total. The van der Waals surface area contributed by atoms with Gasteiger partial charge in [-0.25, -0.2) is 4.98 Å². The molecule has 0 atom stereocenters. The van der Waals surface area contributed by atoms with Crippen LogP contribution in [0.4, 0.5) is 5.82 Å². The first-order valence-corrected chi connectivity index (χ1v) is 11.0. The van der Waals surface area contributed by atoms with Crippen molar-refractivity contribution in [1.82, 2.24) is 15.6 Å². The van der Waals surface area contributed by atoms with E-state index in [1.54, 1.807) is 0 Å². The highest BCUT2D eigenvalue weighted by molar-refractivity contribution is 5.79. The zero-order valence-electron chi connectivity index (χ0n) is 17.8. The number of guanidine groups is 1. The molecule has 1 heterocycles. The summed E-state index contributed by atoms with van der Waals surface area (Å²) in [6.45, 7) is 9.51. The first-order chi connectivity index (χ1) is 13.8. The number of unbranched alkanes of at least 4 members (excludes halogenated alkanes) is 1. The molecule has 1 aromatic rings. The van der Waals surface area contributed by atoms with Crippen molar-refractivity contribution in [3.63, 3.8) is 0 Å². The van der Waals surface area contributed by atoms with Crippen LogP contribution in [0.15, 0.2) is 29.4 Å². The molecule has 1 aliphatic carbocycles. The minimum atomic E-state index is 0.337. The Balaban J connectivity index is 1.70. The predicted octanol–water partition coefficient (Wildman–Crippen LogP) is 3.82. The van der Waals surface area contributed by atoms with E-state index in [9.17, 15) is 0 Å². The van der Waals surface area contributed by atoms with Gasteiger partial charge in [-0.15, -0.1) is 0 Å². The van der Waals surface area contributed by atoms with E-state index >= 15 is 0 Å². The van der Waals surface area contributed by atoms with Gasteiger partial charge in [-0.2, -0.15) is 0 Å². The Labute approximate surface area is 171 Å². The lowest BCUT2D eigenvalue weighted by Gasteiger charge is -2.27. The summed E-state index contributed by atoms with van der Waals surface area (Å²) in [6.07, 6.45) is 10.4. The fourth-order valence-corrected chi connectivity index (χ4v) is 3.77. The SMILES string of the molecule is CCNC(=NCC1(CCOCC)CCCC1)NCCCCNc1ccccn1. The van der Waals surface area contributed by atoms with Crippen molar-refractivity contribution < 1.29 is 4.74 Å². The van der Waals surface area contributed by atoms with Gasteiger partial charge in [-0.1, -0.05) is 18.9 Å². The zero-order valence-corrected chi connectivity index (χ0v) is 17.8. The Morgan fingerprint density at radius 2 is 1.96 bits per heavy atom. The van der Waals surface area contributed by atoms with Crippen LogP contribution in [-0.2, 0) is 4.74 Å². The maximum atomic E-state index is 5.62. The van der Waals surface area contributed by atoms with E-state index in [0.29, 0.717) is 5.41 Å². The van der Waals surface area contributed by atoms with Gasteiger partial charge in [0.1, 0.15) is 5.82 Å². The van der Waals surface area contributed by atoms with E-state index in [4.69, 9.17) is 9.73 Å². The van der Waals surface area contributed by atoms with Crippen LogP contribution in [0.5, 0.6) is 0 Å². The number of rotatable bonds is 13. The number of ether oxygens (including phenoxy) is 1. The summed E-state index contributed by atoms with van der Waals surface area (Å²) in [5, 5.41) is 10.2. The van der Waals surface area contributed by atoms with Crippen molar-refractivity contribution in [3.8, 4) is 0 Å². The van der Waals surface area contributed by atoms with Crippen LogP contribution in [0.1, 0.15) is 58.8 Å². The molecule has 0 aromatic carbocycles. The molecule has 1 aromatic heterocycles. The van der Waals surface area contributed by atoms with Gasteiger partial charge in [0, 0.05) is 45.6 Å². The number of hydrogen-bond donors (Lipinski definition) is 3. The standard InChI is InChI=1S/C22H39N5O/c1-3-23-21(26-17-10-9-16-25-20-11-5-8-15-24-20)27-19-22(12-6-7-13-22)14-18-28-4-2/h5,8,11,15H,3-4,6-7,9-10,12-14,16-19H2,1-2H3,(H,24,25)(H2,23,26,27). The molecule has 0 amide bonds. The second kappa shape index (κ2) is 13.4. The van der Waals surface area contributed by atoms with Crippen molar-refractivity contribution >= 4 is 11.8 Å². The molecule has 0 unspecified atom stereocenters. The van der Waals surface area contributed by atoms with Crippen LogP contribution >= 0.6 is 0 Å². The number of pyridine rings is 1. The van der Waals surface area contributed by atoms with Crippen molar-refractivity contribution in [3.05, 3.63) is 24.4 Å². The second-order valence-corrected chi connectivity index (χ2v) is 7.62. The van der Waals surface area contributed by atoms with E-state index in [0.717, 1.165) is 70.4 Å². The third-order valence-electron chi connectivity index (χ3n) is 5.43. The van der Waals surface area contributed by atoms with Gasteiger partial charge in [-0.05, 0) is 63.5 Å². The van der Waals surface area contributed by atoms with Crippen molar-refractivity contribution in [2.24, 2.45) is 10.4 Å². The number of anilines is 1. The van der Waals surface area contributed by atoms with E-state index in [2.05, 4.69) is 34.8 Å². The van der Waals surface area contributed by atoms with Crippen LogP contribution in [0.3, 0.4) is 0 Å². The van der Waals surface area contributed by atoms with Crippen molar-refractivity contribution in [2.75, 3.05) is 44.7 Å². The van der Waals surface area contributed by atoms with E-state index in [1.165, 1.54) is 25.7 Å². The number of aromatic nitrogens is 1. The highest BCUT2D eigenvalue weighted by atomic mass is 16.5. The molecule has 2 rings (SSSR count). The van der Waals surface area contributed by atoms with Crippen molar-refractivity contribution in [1.29, 1.82) is 0 Å². The largest absolute Gasteiger partial charge is 0.382 e. The summed E-state index contributed by atoms with van der Waals surface area (Å²) in [5.41, 5.74) is 0.337. The first kappa shape index (κ1) is 22.5. The van der Waals surface area contributed by atoms with Gasteiger partial charge in [-0.3, -0.25) is 4.99 Å². The highest BCUT2D eigenvalue weighted by Crippen LogP contribution is 2.41. The molecule has 158 valence electrons. The predicted molar refractivity (Wildman–Crippen MR) is 118 cm³/mol. The lowest BCUT2D eigenvalue weighted by molar-refractivity contribution is 0.107. The molecule has 6 heteroatoms. The van der Waals surface area contributed by atoms with Gasteiger partial charge in [0.05, 0.1) is 0 Å². The van der Waals surface area contributed by atoms with Gasteiger partial charge < -0.3 is 20.7 Å². The van der Waals surface area contributed by atoms with Crippen LogP contribution in [0, 0.1) is 5.41 Å². The Morgan fingerprint density at radius 1 is 1.14 bits per heavy atom. The number of aliphatic imine (C=N–C) groups is 1. The summed E-state index contributed by atoms with van der Waals surface area (Å²) in [6, 6.07) is 5.93. The summed E-state index contributed by atoms with van der Waals surface area (Å²) in [5.74, 6) is 1.89. The van der Waals surface area contributed by atoms with Gasteiger partial charge in [0.25, 0.3) is 0 Å². The Bertz CT molecular complexity index is 543. The van der Waals surface area contributed by atoms with Crippen LogP contribution in [-0.4, -0.2) is 50.3 Å². The third-order valence-corrected chi connectivity index (χ3v) is 5.43. The maximum absolute atomic E-state index is 5.62. The lowest BCUT2D eigenvalue weighted by atomic mass is 9.83. The zero-order chi connectivity index (χ0) is 19.9. The Hall–Kier alpha value is -1.82. The molecular formula is C22H39N5O. The topological polar surface area (TPSA) is 70.6 Å². The minimum Gasteiger partial charge on any atom is -0.382 e. The fraction of sp³-hybridized carbons (Fsp3) is 0.727. The maximum Gasteiger partial charge on any atom is 0.191 e. The summed E-state index contributed by atoms with van der Waals surface area (Å²) >= 11 is 0. The Kier molecular flexibility index (Phi) is 10.7. The highest BCUT2D eigenvalue weighted by Gasteiger charge is 2.33. The quantitative estimate of drug-likeness (QED) is 0.272. The van der Waals surface area contributed by atoms with Crippen LogP contribution in [0.2, 0.25) is 0 Å². The lowest BCUT2D eigenvalue weighted by Crippen LogP contribution is -2.39.